The number of rotatable bonds is 6. The van der Waals surface area contributed by atoms with Crippen molar-refractivity contribution in [3.63, 3.8) is 0 Å². The number of hydrogen-bond donors (Lipinski definition) is 1. The molecule has 1 N–H and O–H groups in total. The van der Waals surface area contributed by atoms with Gasteiger partial charge in [-0.3, -0.25) is 9.10 Å². The first-order valence-corrected chi connectivity index (χ1v) is 10.1. The van der Waals surface area contributed by atoms with Crippen LogP contribution in [0.1, 0.15) is 10.4 Å². The second-order valence-electron chi connectivity index (χ2n) is 6.13. The normalized spacial score (nSPS) is 11.0. The number of ether oxygens (including phenoxy) is 1. The highest BCUT2D eigenvalue weighted by molar-refractivity contribution is 7.92. The van der Waals surface area contributed by atoms with Gasteiger partial charge in [-0.25, -0.2) is 12.8 Å². The number of benzene rings is 3. The largest absolute Gasteiger partial charge is 0.495 e. The van der Waals surface area contributed by atoms with E-state index in [2.05, 4.69) is 5.32 Å². The lowest BCUT2D eigenvalue weighted by Crippen LogP contribution is -2.27. The summed E-state index contributed by atoms with van der Waals surface area (Å²) in [7, 11) is -0.968. The molecule has 1 amide bonds. The van der Waals surface area contributed by atoms with Gasteiger partial charge >= 0.3 is 0 Å². The van der Waals surface area contributed by atoms with E-state index in [1.165, 1.54) is 56.6 Å². The van der Waals surface area contributed by atoms with Gasteiger partial charge in [0.1, 0.15) is 11.6 Å². The predicted molar refractivity (Wildman–Crippen MR) is 109 cm³/mol. The first-order chi connectivity index (χ1) is 13.8. The first-order valence-electron chi connectivity index (χ1n) is 8.62. The molecule has 0 fully saturated rings. The molecule has 0 saturated heterocycles. The smallest absolute Gasteiger partial charge is 0.264 e. The van der Waals surface area contributed by atoms with Crippen LogP contribution in [0.5, 0.6) is 5.75 Å². The zero-order chi connectivity index (χ0) is 21.0. The Morgan fingerprint density at radius 2 is 1.69 bits per heavy atom. The van der Waals surface area contributed by atoms with Gasteiger partial charge in [-0.1, -0.05) is 18.2 Å². The van der Waals surface area contributed by atoms with Crippen LogP contribution >= 0.6 is 0 Å². The first kappa shape index (κ1) is 20.3. The molecule has 0 spiro atoms. The van der Waals surface area contributed by atoms with E-state index < -0.39 is 21.7 Å². The standard InChI is InChI=1S/C21H19FN2O4S/c1-24(19-8-3-4-9-20(19)28-2)29(26,27)18-12-10-15(11-13-18)21(25)23-17-7-5-6-16(22)14-17/h3-14H,1-2H3,(H,23,25). The number of para-hydroxylation sites is 2. The molecule has 0 atom stereocenters. The second kappa shape index (κ2) is 8.32. The van der Waals surface area contributed by atoms with Crippen molar-refractivity contribution < 1.29 is 22.3 Å². The van der Waals surface area contributed by atoms with E-state index in [1.807, 2.05) is 0 Å². The quantitative estimate of drug-likeness (QED) is 0.664. The summed E-state index contributed by atoms with van der Waals surface area (Å²) in [4.78, 5) is 12.3. The fraction of sp³-hybridized carbons (Fsp3) is 0.0952. The maximum atomic E-state index is 13.2. The Hall–Kier alpha value is -3.39. The molecule has 6 nitrogen and oxygen atoms in total. The minimum atomic E-state index is -3.86. The molecule has 0 unspecified atom stereocenters. The summed E-state index contributed by atoms with van der Waals surface area (Å²) in [6, 6.07) is 17.8. The van der Waals surface area contributed by atoms with Crippen molar-refractivity contribution in [2.45, 2.75) is 4.90 Å². The Labute approximate surface area is 168 Å². The third-order valence-electron chi connectivity index (χ3n) is 4.28. The lowest BCUT2D eigenvalue weighted by atomic mass is 10.2. The molecule has 0 radical (unpaired) electrons. The molecular weight excluding hydrogens is 395 g/mol. The van der Waals surface area contributed by atoms with Gasteiger partial charge in [-0.15, -0.1) is 0 Å². The van der Waals surface area contributed by atoms with Crippen molar-refractivity contribution in [1.29, 1.82) is 0 Å². The summed E-state index contributed by atoms with van der Waals surface area (Å²) < 4.78 is 45.5. The van der Waals surface area contributed by atoms with E-state index in [4.69, 9.17) is 4.74 Å². The summed E-state index contributed by atoms with van der Waals surface area (Å²) in [5, 5.41) is 2.57. The summed E-state index contributed by atoms with van der Waals surface area (Å²) >= 11 is 0. The van der Waals surface area contributed by atoms with Crippen LogP contribution in [0.2, 0.25) is 0 Å². The minimum Gasteiger partial charge on any atom is -0.495 e. The Morgan fingerprint density at radius 3 is 2.34 bits per heavy atom. The van der Waals surface area contributed by atoms with Gasteiger partial charge in [0.05, 0.1) is 17.7 Å². The third kappa shape index (κ3) is 4.38. The number of methoxy groups -OCH3 is 1. The van der Waals surface area contributed by atoms with Crippen molar-refractivity contribution in [3.05, 3.63) is 84.2 Å². The van der Waals surface area contributed by atoms with Crippen molar-refractivity contribution in [1.82, 2.24) is 0 Å². The Bertz CT molecular complexity index is 1130. The molecule has 0 aliphatic heterocycles. The number of carbonyl (C=O) groups excluding carboxylic acids is 1. The molecule has 29 heavy (non-hydrogen) atoms. The van der Waals surface area contributed by atoms with Gasteiger partial charge in [-0.05, 0) is 54.6 Å². The van der Waals surface area contributed by atoms with E-state index in [-0.39, 0.29) is 10.5 Å². The fourth-order valence-electron chi connectivity index (χ4n) is 2.73. The van der Waals surface area contributed by atoms with Gasteiger partial charge in [-0.2, -0.15) is 0 Å². The molecule has 3 aromatic rings. The Balaban J connectivity index is 1.82. The number of halogens is 1. The highest BCUT2D eigenvalue weighted by atomic mass is 32.2. The summed E-state index contributed by atoms with van der Waals surface area (Å²) in [6.07, 6.45) is 0. The zero-order valence-corrected chi connectivity index (χ0v) is 16.6. The Kier molecular flexibility index (Phi) is 5.84. The van der Waals surface area contributed by atoms with Crippen molar-refractivity contribution in [2.75, 3.05) is 23.8 Å². The lowest BCUT2D eigenvalue weighted by Gasteiger charge is -2.21. The molecule has 8 heteroatoms. The molecule has 0 bridgehead atoms. The van der Waals surface area contributed by atoms with E-state index in [0.717, 1.165) is 4.31 Å². The van der Waals surface area contributed by atoms with Gasteiger partial charge in [0.2, 0.25) is 0 Å². The number of nitrogens with zero attached hydrogens (tertiary/aromatic N) is 1. The van der Waals surface area contributed by atoms with Crippen LogP contribution in [-0.2, 0) is 10.0 Å². The third-order valence-corrected chi connectivity index (χ3v) is 6.07. The van der Waals surface area contributed by atoms with Crippen molar-refractivity contribution in [3.8, 4) is 5.75 Å². The number of carbonyl (C=O) groups is 1. The van der Waals surface area contributed by atoms with Gasteiger partial charge in [0.15, 0.2) is 0 Å². The van der Waals surface area contributed by atoms with Gasteiger partial charge < -0.3 is 10.1 Å². The van der Waals surface area contributed by atoms with Crippen LogP contribution in [0, 0.1) is 5.82 Å². The SMILES string of the molecule is COc1ccccc1N(C)S(=O)(=O)c1ccc(C(=O)Nc2cccc(F)c2)cc1. The summed E-state index contributed by atoms with van der Waals surface area (Å²) in [5.74, 6) is -0.522. The van der Waals surface area contributed by atoms with Crippen LogP contribution in [-0.4, -0.2) is 28.5 Å². The van der Waals surface area contributed by atoms with Crippen molar-refractivity contribution in [2.24, 2.45) is 0 Å². The van der Waals surface area contributed by atoms with Gasteiger partial charge in [0.25, 0.3) is 15.9 Å². The number of nitrogens with one attached hydrogen (secondary N) is 1. The van der Waals surface area contributed by atoms with Crippen LogP contribution in [0.4, 0.5) is 15.8 Å². The summed E-state index contributed by atoms with van der Waals surface area (Å²) in [5.41, 5.74) is 0.943. The molecule has 0 heterocycles. The monoisotopic (exact) mass is 414 g/mol. The average Bonchev–Trinajstić information content (AvgIpc) is 2.73. The van der Waals surface area contributed by atoms with Crippen LogP contribution < -0.4 is 14.4 Å². The molecule has 0 aliphatic carbocycles. The Morgan fingerprint density at radius 1 is 1.00 bits per heavy atom. The van der Waals surface area contributed by atoms with E-state index in [1.54, 1.807) is 30.3 Å². The molecule has 150 valence electrons. The molecular formula is C21H19FN2O4S. The fourth-order valence-corrected chi connectivity index (χ4v) is 3.93. The highest BCUT2D eigenvalue weighted by Gasteiger charge is 2.24. The number of amides is 1. The molecule has 3 aromatic carbocycles. The lowest BCUT2D eigenvalue weighted by molar-refractivity contribution is 0.102. The molecule has 0 aromatic heterocycles. The second-order valence-corrected chi connectivity index (χ2v) is 8.10. The topological polar surface area (TPSA) is 75.7 Å². The zero-order valence-electron chi connectivity index (χ0n) is 15.8. The molecule has 0 aliphatic rings. The van der Waals surface area contributed by atoms with E-state index in [0.29, 0.717) is 17.1 Å². The van der Waals surface area contributed by atoms with E-state index >= 15 is 0 Å². The average molecular weight is 414 g/mol. The number of anilines is 2. The highest BCUT2D eigenvalue weighted by Crippen LogP contribution is 2.30. The van der Waals surface area contributed by atoms with Crippen LogP contribution in [0.15, 0.2) is 77.7 Å². The maximum absolute atomic E-state index is 13.2. The van der Waals surface area contributed by atoms with Crippen LogP contribution in [0.3, 0.4) is 0 Å². The number of hydrogen-bond acceptors (Lipinski definition) is 4. The van der Waals surface area contributed by atoms with Gasteiger partial charge in [0, 0.05) is 18.3 Å². The number of sulfonamides is 1. The molecule has 3 rings (SSSR count). The van der Waals surface area contributed by atoms with Crippen molar-refractivity contribution >= 4 is 27.3 Å². The van der Waals surface area contributed by atoms with E-state index in [9.17, 15) is 17.6 Å². The minimum absolute atomic E-state index is 0.0215. The molecule has 0 saturated carbocycles. The summed E-state index contributed by atoms with van der Waals surface area (Å²) in [6.45, 7) is 0. The predicted octanol–water partition coefficient (Wildman–Crippen LogP) is 3.91. The van der Waals surface area contributed by atoms with Crippen LogP contribution in [0.25, 0.3) is 0 Å². The maximum Gasteiger partial charge on any atom is 0.264 e.